The number of benzene rings is 2. The number of nitrogens with one attached hydrogen (secondary N) is 2. The molecule has 0 saturated carbocycles. The number of rotatable bonds is 4. The number of amides is 2. The van der Waals surface area contributed by atoms with E-state index in [0.717, 1.165) is 10.0 Å². The standard InChI is InChI=1S/C16H13BrClN3O3/c1-24-14-6-5-12(18)8-13(14)20-15(22)16(23)21-19-9-10-3-2-4-11(17)7-10/h2-9H,1H3,(H,20,22)(H,21,23)/b19-9-. The molecule has 0 radical (unpaired) electrons. The molecule has 24 heavy (non-hydrogen) atoms. The fourth-order valence-electron chi connectivity index (χ4n) is 1.76. The summed E-state index contributed by atoms with van der Waals surface area (Å²) in [7, 11) is 1.45. The zero-order valence-electron chi connectivity index (χ0n) is 12.5. The highest BCUT2D eigenvalue weighted by atomic mass is 79.9. The Morgan fingerprint density at radius 1 is 1.21 bits per heavy atom. The first-order valence-electron chi connectivity index (χ1n) is 6.73. The molecule has 0 unspecified atom stereocenters. The Balaban J connectivity index is 1.98. The van der Waals surface area contributed by atoms with Crippen LogP contribution in [0, 0.1) is 0 Å². The lowest BCUT2D eigenvalue weighted by atomic mass is 10.2. The topological polar surface area (TPSA) is 79.8 Å². The second kappa shape index (κ2) is 8.47. The summed E-state index contributed by atoms with van der Waals surface area (Å²) in [6.07, 6.45) is 1.43. The van der Waals surface area contributed by atoms with Gasteiger partial charge in [0.1, 0.15) is 5.75 Å². The summed E-state index contributed by atoms with van der Waals surface area (Å²) < 4.78 is 5.97. The molecule has 0 bridgehead atoms. The molecule has 0 aliphatic carbocycles. The summed E-state index contributed by atoms with van der Waals surface area (Å²) in [5, 5.41) is 6.56. The first-order valence-corrected chi connectivity index (χ1v) is 7.90. The first kappa shape index (κ1) is 18.0. The van der Waals surface area contributed by atoms with Gasteiger partial charge in [-0.25, -0.2) is 5.43 Å². The molecule has 6 nitrogen and oxygen atoms in total. The monoisotopic (exact) mass is 409 g/mol. The third kappa shape index (κ3) is 5.07. The van der Waals surface area contributed by atoms with Crippen LogP contribution in [0.2, 0.25) is 5.02 Å². The van der Waals surface area contributed by atoms with Gasteiger partial charge in [-0.1, -0.05) is 39.7 Å². The van der Waals surface area contributed by atoms with Gasteiger partial charge in [0.15, 0.2) is 0 Å². The van der Waals surface area contributed by atoms with Gasteiger partial charge >= 0.3 is 11.8 Å². The summed E-state index contributed by atoms with van der Waals surface area (Å²) in [5.74, 6) is -1.41. The molecule has 0 heterocycles. The zero-order valence-corrected chi connectivity index (χ0v) is 14.9. The molecule has 0 aliphatic heterocycles. The fourth-order valence-corrected chi connectivity index (χ4v) is 2.35. The van der Waals surface area contributed by atoms with Gasteiger partial charge in [0.25, 0.3) is 0 Å². The van der Waals surface area contributed by atoms with E-state index < -0.39 is 11.8 Å². The lowest BCUT2D eigenvalue weighted by Crippen LogP contribution is -2.32. The maximum atomic E-state index is 11.9. The van der Waals surface area contributed by atoms with Gasteiger partial charge in [-0.3, -0.25) is 9.59 Å². The molecule has 0 saturated heterocycles. The lowest BCUT2D eigenvalue weighted by molar-refractivity contribution is -0.136. The molecule has 2 N–H and O–H groups in total. The molecule has 0 fully saturated rings. The Hall–Kier alpha value is -2.38. The van der Waals surface area contributed by atoms with Crippen molar-refractivity contribution in [1.82, 2.24) is 5.43 Å². The largest absolute Gasteiger partial charge is 0.495 e. The predicted octanol–water partition coefficient (Wildman–Crippen LogP) is 3.20. The molecule has 0 atom stereocenters. The van der Waals surface area contributed by atoms with Crippen molar-refractivity contribution >= 4 is 51.2 Å². The van der Waals surface area contributed by atoms with Gasteiger partial charge in [0.2, 0.25) is 0 Å². The van der Waals surface area contributed by atoms with Gasteiger partial charge in [-0.05, 0) is 35.9 Å². The molecule has 0 spiro atoms. The van der Waals surface area contributed by atoms with Crippen molar-refractivity contribution in [2.24, 2.45) is 5.10 Å². The zero-order chi connectivity index (χ0) is 17.5. The van der Waals surface area contributed by atoms with Gasteiger partial charge in [-0.15, -0.1) is 0 Å². The predicted molar refractivity (Wildman–Crippen MR) is 96.5 cm³/mol. The molecule has 2 rings (SSSR count). The van der Waals surface area contributed by atoms with Crippen LogP contribution in [0.1, 0.15) is 5.56 Å². The Kier molecular flexibility index (Phi) is 6.34. The van der Waals surface area contributed by atoms with E-state index in [1.807, 2.05) is 18.2 Å². The number of halogens is 2. The number of hydrazone groups is 1. The highest BCUT2D eigenvalue weighted by molar-refractivity contribution is 9.10. The molecule has 124 valence electrons. The van der Waals surface area contributed by atoms with Crippen LogP contribution in [0.25, 0.3) is 0 Å². The number of anilines is 1. The molecule has 2 aromatic carbocycles. The molecule has 2 amide bonds. The number of hydrogen-bond donors (Lipinski definition) is 2. The number of ether oxygens (including phenoxy) is 1. The minimum atomic E-state index is -0.914. The van der Waals surface area contributed by atoms with Crippen LogP contribution >= 0.6 is 27.5 Å². The van der Waals surface area contributed by atoms with Crippen LogP contribution in [0.5, 0.6) is 5.75 Å². The molecular weight excluding hydrogens is 398 g/mol. The quantitative estimate of drug-likeness (QED) is 0.461. The van der Waals surface area contributed by atoms with Crippen LogP contribution in [0.4, 0.5) is 5.69 Å². The smallest absolute Gasteiger partial charge is 0.329 e. The average Bonchev–Trinajstić information content (AvgIpc) is 2.55. The summed E-state index contributed by atoms with van der Waals surface area (Å²) in [6, 6.07) is 12.0. The minimum Gasteiger partial charge on any atom is -0.495 e. The third-order valence-corrected chi connectivity index (χ3v) is 3.57. The second-order valence-electron chi connectivity index (χ2n) is 4.55. The van der Waals surface area contributed by atoms with Gasteiger partial charge in [-0.2, -0.15) is 5.10 Å². The Morgan fingerprint density at radius 3 is 2.71 bits per heavy atom. The van der Waals surface area contributed by atoms with Crippen molar-refractivity contribution < 1.29 is 14.3 Å². The van der Waals surface area contributed by atoms with Crippen LogP contribution in [0.3, 0.4) is 0 Å². The summed E-state index contributed by atoms with van der Waals surface area (Å²) >= 11 is 9.19. The molecule has 0 aromatic heterocycles. The van der Waals surface area contributed by atoms with Crippen LogP contribution in [-0.4, -0.2) is 25.1 Å². The Labute approximate surface area is 152 Å². The van der Waals surface area contributed by atoms with E-state index in [0.29, 0.717) is 16.5 Å². The van der Waals surface area contributed by atoms with Crippen molar-refractivity contribution in [3.8, 4) is 5.75 Å². The lowest BCUT2D eigenvalue weighted by Gasteiger charge is -2.09. The molecule has 2 aromatic rings. The SMILES string of the molecule is COc1ccc(Cl)cc1NC(=O)C(=O)N/N=C\c1cccc(Br)c1. The molecular formula is C16H13BrClN3O3. The van der Waals surface area contributed by atoms with Gasteiger partial charge < -0.3 is 10.1 Å². The minimum absolute atomic E-state index is 0.293. The van der Waals surface area contributed by atoms with E-state index in [1.54, 1.807) is 18.2 Å². The summed E-state index contributed by atoms with van der Waals surface area (Å²) in [5.41, 5.74) is 3.21. The summed E-state index contributed by atoms with van der Waals surface area (Å²) in [4.78, 5) is 23.7. The maximum Gasteiger partial charge on any atom is 0.329 e. The van der Waals surface area contributed by atoms with E-state index in [-0.39, 0.29) is 0 Å². The van der Waals surface area contributed by atoms with E-state index in [9.17, 15) is 9.59 Å². The highest BCUT2D eigenvalue weighted by Gasteiger charge is 2.15. The molecule has 0 aliphatic rings. The van der Waals surface area contributed by atoms with Crippen LogP contribution in [-0.2, 0) is 9.59 Å². The van der Waals surface area contributed by atoms with Gasteiger partial charge in [0, 0.05) is 9.50 Å². The van der Waals surface area contributed by atoms with Crippen LogP contribution < -0.4 is 15.5 Å². The van der Waals surface area contributed by atoms with Gasteiger partial charge in [0.05, 0.1) is 19.0 Å². The maximum absolute atomic E-state index is 11.9. The number of methoxy groups -OCH3 is 1. The average molecular weight is 411 g/mol. The second-order valence-corrected chi connectivity index (χ2v) is 5.90. The van der Waals surface area contributed by atoms with E-state index >= 15 is 0 Å². The van der Waals surface area contributed by atoms with Crippen LogP contribution in [0.15, 0.2) is 52.0 Å². The number of nitrogens with zero attached hydrogens (tertiary/aromatic N) is 1. The van der Waals surface area contributed by atoms with E-state index in [1.165, 1.54) is 19.4 Å². The van der Waals surface area contributed by atoms with Crippen molar-refractivity contribution in [3.63, 3.8) is 0 Å². The summed E-state index contributed by atoms with van der Waals surface area (Å²) in [6.45, 7) is 0. The number of hydrogen-bond acceptors (Lipinski definition) is 4. The third-order valence-electron chi connectivity index (χ3n) is 2.84. The Bertz CT molecular complexity index is 796. The van der Waals surface area contributed by atoms with E-state index in [4.69, 9.17) is 16.3 Å². The number of carbonyl (C=O) groups excluding carboxylic acids is 2. The fraction of sp³-hybridized carbons (Fsp3) is 0.0625. The van der Waals surface area contributed by atoms with Crippen molar-refractivity contribution in [2.45, 2.75) is 0 Å². The first-order chi connectivity index (χ1) is 11.5. The van der Waals surface area contributed by atoms with Crippen molar-refractivity contribution in [2.75, 3.05) is 12.4 Å². The van der Waals surface area contributed by atoms with Crippen molar-refractivity contribution in [1.29, 1.82) is 0 Å². The molecule has 8 heteroatoms. The van der Waals surface area contributed by atoms with Crippen molar-refractivity contribution in [3.05, 3.63) is 57.5 Å². The normalized spacial score (nSPS) is 10.5. The Morgan fingerprint density at radius 2 is 2.00 bits per heavy atom. The number of carbonyl (C=O) groups is 2. The highest BCUT2D eigenvalue weighted by Crippen LogP contribution is 2.27. The van der Waals surface area contributed by atoms with E-state index in [2.05, 4.69) is 31.8 Å².